The van der Waals surface area contributed by atoms with Crippen LogP contribution in [0.25, 0.3) is 28.3 Å². The fraction of sp³-hybridized carbons (Fsp3) is 0.0870. The molecule has 0 aliphatic rings. The number of benzene rings is 3. The molecule has 6 heteroatoms. The minimum Gasteiger partial charge on any atom is -0.390 e. The number of rotatable bonds is 4. The molecule has 0 amide bonds. The minimum atomic E-state index is -0.565. The van der Waals surface area contributed by atoms with E-state index in [2.05, 4.69) is 4.98 Å². The Kier molecular flexibility index (Phi) is 5.41. The SMILES string of the molecule is Cc1c(Cl)cccc1-n1c(-c2ccccc2)nc(CO)c1-c1cccc(Cl)c1F. The molecule has 0 saturated heterocycles. The monoisotopic (exact) mass is 426 g/mol. The Morgan fingerprint density at radius 2 is 1.62 bits per heavy atom. The lowest BCUT2D eigenvalue weighted by Crippen LogP contribution is -2.04. The van der Waals surface area contributed by atoms with Crippen LogP contribution in [0.15, 0.2) is 66.7 Å². The van der Waals surface area contributed by atoms with Crippen LogP contribution in [0.3, 0.4) is 0 Å². The first-order chi connectivity index (χ1) is 14.0. The number of imidazole rings is 1. The first kappa shape index (κ1) is 19.6. The van der Waals surface area contributed by atoms with Gasteiger partial charge in [-0.2, -0.15) is 0 Å². The molecule has 0 fully saturated rings. The van der Waals surface area contributed by atoms with Gasteiger partial charge in [0.15, 0.2) is 5.82 Å². The zero-order chi connectivity index (χ0) is 20.5. The Morgan fingerprint density at radius 3 is 2.34 bits per heavy atom. The number of aliphatic hydroxyl groups excluding tert-OH is 1. The van der Waals surface area contributed by atoms with Crippen LogP contribution in [0, 0.1) is 12.7 Å². The molecule has 0 atom stereocenters. The first-order valence-electron chi connectivity index (χ1n) is 9.00. The maximum Gasteiger partial charge on any atom is 0.151 e. The van der Waals surface area contributed by atoms with Crippen molar-refractivity contribution in [2.24, 2.45) is 0 Å². The normalized spacial score (nSPS) is 11.1. The molecule has 1 N–H and O–H groups in total. The summed E-state index contributed by atoms with van der Waals surface area (Å²) in [4.78, 5) is 4.65. The van der Waals surface area contributed by atoms with Gasteiger partial charge in [0.2, 0.25) is 0 Å². The molecule has 29 heavy (non-hydrogen) atoms. The van der Waals surface area contributed by atoms with Crippen LogP contribution in [0.2, 0.25) is 10.0 Å². The number of hydrogen-bond donors (Lipinski definition) is 1. The number of aliphatic hydroxyl groups is 1. The van der Waals surface area contributed by atoms with Gasteiger partial charge in [-0.25, -0.2) is 9.37 Å². The van der Waals surface area contributed by atoms with Crippen molar-refractivity contribution in [2.45, 2.75) is 13.5 Å². The second-order valence-corrected chi connectivity index (χ2v) is 7.39. The Hall–Kier alpha value is -2.66. The van der Waals surface area contributed by atoms with Crippen molar-refractivity contribution in [1.82, 2.24) is 9.55 Å². The molecule has 0 spiro atoms. The topological polar surface area (TPSA) is 38.0 Å². The average Bonchev–Trinajstić information content (AvgIpc) is 3.12. The molecule has 146 valence electrons. The van der Waals surface area contributed by atoms with E-state index in [0.29, 0.717) is 22.2 Å². The van der Waals surface area contributed by atoms with E-state index in [0.717, 1.165) is 16.8 Å². The minimum absolute atomic E-state index is 0.00298. The van der Waals surface area contributed by atoms with Gasteiger partial charge < -0.3 is 5.11 Å². The summed E-state index contributed by atoms with van der Waals surface area (Å²) in [5, 5.41) is 10.6. The van der Waals surface area contributed by atoms with E-state index >= 15 is 4.39 Å². The van der Waals surface area contributed by atoms with Crippen molar-refractivity contribution in [2.75, 3.05) is 0 Å². The fourth-order valence-corrected chi connectivity index (χ4v) is 3.74. The van der Waals surface area contributed by atoms with Crippen molar-refractivity contribution in [3.8, 4) is 28.3 Å². The van der Waals surface area contributed by atoms with E-state index in [-0.39, 0.29) is 17.2 Å². The zero-order valence-electron chi connectivity index (χ0n) is 15.5. The summed E-state index contributed by atoms with van der Waals surface area (Å²) >= 11 is 12.4. The van der Waals surface area contributed by atoms with Crippen LogP contribution >= 0.6 is 23.2 Å². The van der Waals surface area contributed by atoms with Crippen molar-refractivity contribution in [3.63, 3.8) is 0 Å². The number of nitrogens with zero attached hydrogens (tertiary/aromatic N) is 2. The second kappa shape index (κ2) is 7.99. The van der Waals surface area contributed by atoms with Crippen molar-refractivity contribution >= 4 is 23.2 Å². The van der Waals surface area contributed by atoms with Crippen molar-refractivity contribution in [1.29, 1.82) is 0 Å². The number of hydrogen-bond acceptors (Lipinski definition) is 2. The lowest BCUT2D eigenvalue weighted by Gasteiger charge is -2.17. The summed E-state index contributed by atoms with van der Waals surface area (Å²) in [6.07, 6.45) is 0. The maximum atomic E-state index is 15.0. The van der Waals surface area contributed by atoms with Gasteiger partial charge >= 0.3 is 0 Å². The third-order valence-corrected chi connectivity index (χ3v) is 5.52. The smallest absolute Gasteiger partial charge is 0.151 e. The van der Waals surface area contributed by atoms with Gasteiger partial charge in [-0.15, -0.1) is 0 Å². The third kappa shape index (κ3) is 3.44. The van der Waals surface area contributed by atoms with Gasteiger partial charge in [-0.05, 0) is 36.8 Å². The summed E-state index contributed by atoms with van der Waals surface area (Å²) in [6, 6.07) is 19.8. The largest absolute Gasteiger partial charge is 0.390 e. The lowest BCUT2D eigenvalue weighted by molar-refractivity contribution is 0.278. The van der Waals surface area contributed by atoms with E-state index in [1.54, 1.807) is 18.2 Å². The first-order valence-corrected chi connectivity index (χ1v) is 9.76. The molecule has 1 heterocycles. The predicted octanol–water partition coefficient (Wildman–Crippen LogP) is 6.45. The zero-order valence-corrected chi connectivity index (χ0v) is 17.0. The highest BCUT2D eigenvalue weighted by atomic mass is 35.5. The quantitative estimate of drug-likeness (QED) is 0.406. The average molecular weight is 427 g/mol. The highest BCUT2D eigenvalue weighted by Crippen LogP contribution is 2.38. The molecule has 0 saturated carbocycles. The summed E-state index contributed by atoms with van der Waals surface area (Å²) in [5.41, 5.74) is 3.45. The molecule has 0 unspecified atom stereocenters. The summed E-state index contributed by atoms with van der Waals surface area (Å²) in [6.45, 7) is 1.54. The van der Waals surface area contributed by atoms with Crippen LogP contribution in [0.1, 0.15) is 11.3 Å². The van der Waals surface area contributed by atoms with Gasteiger partial charge in [-0.3, -0.25) is 4.57 Å². The molecule has 1 aromatic heterocycles. The van der Waals surface area contributed by atoms with Crippen molar-refractivity contribution < 1.29 is 9.50 Å². The molecular formula is C23H17Cl2FN2O. The molecule has 0 bridgehead atoms. The van der Waals surface area contributed by atoms with Gasteiger partial charge in [-0.1, -0.05) is 65.7 Å². The Labute approximate surface area is 178 Å². The van der Waals surface area contributed by atoms with Gasteiger partial charge in [0.05, 0.1) is 28.7 Å². The van der Waals surface area contributed by atoms with Gasteiger partial charge in [0.25, 0.3) is 0 Å². The fourth-order valence-electron chi connectivity index (χ4n) is 3.39. The summed E-state index contributed by atoms with van der Waals surface area (Å²) < 4.78 is 16.8. The van der Waals surface area contributed by atoms with E-state index in [1.165, 1.54) is 6.07 Å². The van der Waals surface area contributed by atoms with Crippen LogP contribution in [0.5, 0.6) is 0 Å². The molecular weight excluding hydrogens is 410 g/mol. The van der Waals surface area contributed by atoms with E-state index < -0.39 is 5.82 Å². The Balaban J connectivity index is 2.14. The van der Waals surface area contributed by atoms with E-state index in [1.807, 2.05) is 54.0 Å². The summed E-state index contributed by atoms with van der Waals surface area (Å²) in [5.74, 6) is 0.0127. The molecule has 4 rings (SSSR count). The van der Waals surface area contributed by atoms with Crippen LogP contribution in [0.4, 0.5) is 4.39 Å². The van der Waals surface area contributed by atoms with Gasteiger partial charge in [0, 0.05) is 16.1 Å². The Morgan fingerprint density at radius 1 is 0.931 bits per heavy atom. The molecule has 0 radical (unpaired) electrons. The number of halogens is 3. The Bertz CT molecular complexity index is 1190. The highest BCUT2D eigenvalue weighted by molar-refractivity contribution is 6.31. The van der Waals surface area contributed by atoms with E-state index in [9.17, 15) is 5.11 Å². The molecule has 0 aliphatic heterocycles. The molecule has 0 aliphatic carbocycles. The molecule has 3 aromatic carbocycles. The maximum absolute atomic E-state index is 15.0. The highest BCUT2D eigenvalue weighted by Gasteiger charge is 2.24. The third-order valence-electron chi connectivity index (χ3n) is 4.82. The predicted molar refractivity (Wildman–Crippen MR) is 115 cm³/mol. The van der Waals surface area contributed by atoms with Crippen LogP contribution in [-0.4, -0.2) is 14.7 Å². The van der Waals surface area contributed by atoms with E-state index in [4.69, 9.17) is 23.2 Å². The van der Waals surface area contributed by atoms with Gasteiger partial charge in [0.1, 0.15) is 5.82 Å². The standard InChI is InChI=1S/C23H17Cl2FN2O/c1-14-17(24)10-6-12-20(14)28-22(16-9-5-11-18(25)21(16)26)19(13-29)27-23(28)15-7-3-2-4-8-15/h2-12,29H,13H2,1H3. The second-order valence-electron chi connectivity index (χ2n) is 6.58. The molecule has 3 nitrogen and oxygen atoms in total. The lowest BCUT2D eigenvalue weighted by atomic mass is 10.1. The van der Waals surface area contributed by atoms with Crippen molar-refractivity contribution in [3.05, 3.63) is 93.8 Å². The number of aromatic nitrogens is 2. The summed E-state index contributed by atoms with van der Waals surface area (Å²) in [7, 11) is 0. The van der Waals surface area contributed by atoms with Crippen LogP contribution in [-0.2, 0) is 6.61 Å². The van der Waals surface area contributed by atoms with Crippen LogP contribution < -0.4 is 0 Å². The molecule has 4 aromatic rings.